The first-order valence-corrected chi connectivity index (χ1v) is 7.34. The van der Waals surface area contributed by atoms with Gasteiger partial charge in [0.2, 0.25) is 0 Å². The third-order valence-electron chi connectivity index (χ3n) is 4.02. The van der Waals surface area contributed by atoms with Crippen molar-refractivity contribution >= 4 is 17.6 Å². The second kappa shape index (κ2) is 6.42. The number of ether oxygens (including phenoxy) is 1. The number of hydrogen-bond donors (Lipinski definition) is 0. The quantitative estimate of drug-likeness (QED) is 0.723. The lowest BCUT2D eigenvalue weighted by Gasteiger charge is -2.11. The van der Waals surface area contributed by atoms with Crippen LogP contribution >= 0.6 is 11.6 Å². The summed E-state index contributed by atoms with van der Waals surface area (Å²) >= 11 is 5.83. The van der Waals surface area contributed by atoms with Crippen LogP contribution in [0.1, 0.15) is 43.5 Å². The minimum atomic E-state index is -0.336. The molecule has 1 aromatic rings. The highest BCUT2D eigenvalue weighted by atomic mass is 35.5. The van der Waals surface area contributed by atoms with Crippen molar-refractivity contribution in [3.8, 4) is 0 Å². The summed E-state index contributed by atoms with van der Waals surface area (Å²) in [6.45, 7) is 4.97. The Bertz CT molecular complexity index is 444. The number of carbonyl (C=O) groups is 1. The summed E-state index contributed by atoms with van der Waals surface area (Å²) in [6, 6.07) is 7.75. The summed E-state index contributed by atoms with van der Waals surface area (Å²) in [4.78, 5) is 11.8. The van der Waals surface area contributed by atoms with Crippen LogP contribution in [-0.4, -0.2) is 12.6 Å². The van der Waals surface area contributed by atoms with Gasteiger partial charge in [-0.25, -0.2) is 4.79 Å². The number of halogens is 1. The van der Waals surface area contributed by atoms with E-state index in [0.29, 0.717) is 23.1 Å². The van der Waals surface area contributed by atoms with E-state index in [0.717, 1.165) is 18.3 Å². The molecule has 19 heavy (non-hydrogen) atoms. The summed E-state index contributed by atoms with van der Waals surface area (Å²) in [7, 11) is 0. The zero-order valence-corrected chi connectivity index (χ0v) is 12.2. The first kappa shape index (κ1) is 14.4. The van der Waals surface area contributed by atoms with Crippen LogP contribution < -0.4 is 0 Å². The molecule has 0 bridgehead atoms. The van der Waals surface area contributed by atoms with E-state index in [4.69, 9.17) is 16.3 Å². The van der Waals surface area contributed by atoms with Gasteiger partial charge in [-0.3, -0.25) is 0 Å². The molecule has 1 aliphatic carbocycles. The van der Waals surface area contributed by atoms with Gasteiger partial charge in [-0.2, -0.15) is 0 Å². The van der Waals surface area contributed by atoms with E-state index in [9.17, 15) is 4.79 Å². The lowest BCUT2D eigenvalue weighted by atomic mass is 10.0. The van der Waals surface area contributed by atoms with E-state index >= 15 is 0 Å². The first-order valence-electron chi connectivity index (χ1n) is 6.96. The molecule has 0 saturated heterocycles. The molecule has 0 amide bonds. The fourth-order valence-corrected chi connectivity index (χ4v) is 2.80. The number of esters is 1. The van der Waals surface area contributed by atoms with Crippen LogP contribution in [-0.2, 0) is 4.74 Å². The van der Waals surface area contributed by atoms with Gasteiger partial charge < -0.3 is 4.74 Å². The summed E-state index contributed by atoms with van der Waals surface area (Å²) in [5.74, 6) is 2.03. The summed E-state index contributed by atoms with van der Waals surface area (Å²) < 4.78 is 5.27. The molecule has 0 N–H and O–H groups in total. The smallest absolute Gasteiger partial charge is 0.338 e. The average molecular weight is 280 g/mol. The fourth-order valence-electron chi connectivity index (χ4n) is 2.62. The standard InChI is InChI=1S/C16H20ClO2/c1-3-12-10-15(12)11(2)7-8-19-16(18)13-5-4-6-14(17)9-13/h4,6,9,11-12,15H,3,7-8,10H2,1-2H3. The molecule has 0 aliphatic heterocycles. The van der Waals surface area contributed by atoms with Crippen molar-refractivity contribution in [1.29, 1.82) is 0 Å². The molecular weight excluding hydrogens is 260 g/mol. The first-order chi connectivity index (χ1) is 9.11. The zero-order chi connectivity index (χ0) is 13.8. The normalized spacial score (nSPS) is 22.9. The molecule has 0 heterocycles. The largest absolute Gasteiger partial charge is 0.462 e. The van der Waals surface area contributed by atoms with E-state index in [-0.39, 0.29) is 5.97 Å². The Labute approximate surface area is 120 Å². The highest BCUT2D eigenvalue weighted by molar-refractivity contribution is 6.30. The van der Waals surface area contributed by atoms with Gasteiger partial charge in [-0.15, -0.1) is 0 Å². The van der Waals surface area contributed by atoms with Crippen LogP contribution in [0.15, 0.2) is 18.2 Å². The van der Waals surface area contributed by atoms with E-state index in [1.54, 1.807) is 18.2 Å². The monoisotopic (exact) mass is 279 g/mol. The maximum Gasteiger partial charge on any atom is 0.338 e. The zero-order valence-electron chi connectivity index (χ0n) is 11.5. The van der Waals surface area contributed by atoms with Crippen LogP contribution in [0.3, 0.4) is 0 Å². The van der Waals surface area contributed by atoms with Crippen molar-refractivity contribution in [3.63, 3.8) is 0 Å². The van der Waals surface area contributed by atoms with Crippen LogP contribution in [0, 0.1) is 23.8 Å². The third-order valence-corrected chi connectivity index (χ3v) is 4.26. The molecular formula is C16H20ClO2. The average Bonchev–Trinajstić information content (AvgIpc) is 3.18. The number of carbonyl (C=O) groups excluding carboxylic acids is 1. The van der Waals surface area contributed by atoms with Crippen molar-refractivity contribution in [2.24, 2.45) is 17.8 Å². The minimum absolute atomic E-state index is 0.336. The SMILES string of the molecule is CCC1CC1C(C)CCOC(=O)c1[c]ccc(Cl)c1. The number of hydrogen-bond acceptors (Lipinski definition) is 2. The maximum atomic E-state index is 11.8. The van der Waals surface area contributed by atoms with Crippen molar-refractivity contribution in [3.05, 3.63) is 34.9 Å². The van der Waals surface area contributed by atoms with Crippen molar-refractivity contribution in [2.45, 2.75) is 33.1 Å². The molecule has 1 radical (unpaired) electrons. The number of rotatable bonds is 6. The van der Waals surface area contributed by atoms with Gasteiger partial charge in [0.05, 0.1) is 12.2 Å². The minimum Gasteiger partial charge on any atom is -0.462 e. The highest BCUT2D eigenvalue weighted by Crippen LogP contribution is 2.47. The van der Waals surface area contributed by atoms with Gasteiger partial charge in [0.15, 0.2) is 0 Å². The molecule has 3 unspecified atom stereocenters. The fraction of sp³-hybridized carbons (Fsp3) is 0.562. The van der Waals surface area contributed by atoms with Gasteiger partial charge in [0, 0.05) is 5.02 Å². The van der Waals surface area contributed by atoms with Crippen molar-refractivity contribution < 1.29 is 9.53 Å². The molecule has 2 rings (SSSR count). The third kappa shape index (κ3) is 3.97. The maximum absolute atomic E-state index is 11.8. The Kier molecular flexibility index (Phi) is 4.87. The molecule has 1 saturated carbocycles. The Balaban J connectivity index is 1.72. The molecule has 1 aliphatic rings. The Hall–Kier alpha value is -1.02. The Morgan fingerprint density at radius 2 is 2.42 bits per heavy atom. The predicted octanol–water partition coefficient (Wildman–Crippen LogP) is 4.37. The molecule has 2 nitrogen and oxygen atoms in total. The molecule has 3 heteroatoms. The number of benzene rings is 1. The van der Waals surface area contributed by atoms with Crippen molar-refractivity contribution in [1.82, 2.24) is 0 Å². The lowest BCUT2D eigenvalue weighted by Crippen LogP contribution is -2.10. The Morgan fingerprint density at radius 1 is 1.63 bits per heavy atom. The highest BCUT2D eigenvalue weighted by Gasteiger charge is 2.38. The van der Waals surface area contributed by atoms with E-state index in [1.165, 1.54) is 12.8 Å². The van der Waals surface area contributed by atoms with E-state index in [2.05, 4.69) is 19.9 Å². The van der Waals surface area contributed by atoms with Gasteiger partial charge >= 0.3 is 5.97 Å². The molecule has 1 aromatic carbocycles. The summed E-state index contributed by atoms with van der Waals surface area (Å²) in [5, 5.41) is 0.530. The molecule has 0 spiro atoms. The second-order valence-corrected chi connectivity index (χ2v) is 5.83. The Morgan fingerprint density at radius 3 is 3.05 bits per heavy atom. The van der Waals surface area contributed by atoms with E-state index < -0.39 is 0 Å². The molecule has 1 fully saturated rings. The predicted molar refractivity (Wildman–Crippen MR) is 76.2 cm³/mol. The van der Waals surface area contributed by atoms with Crippen LogP contribution in [0.4, 0.5) is 0 Å². The second-order valence-electron chi connectivity index (χ2n) is 5.39. The van der Waals surface area contributed by atoms with Crippen molar-refractivity contribution in [2.75, 3.05) is 6.61 Å². The topological polar surface area (TPSA) is 26.3 Å². The molecule has 0 aromatic heterocycles. The van der Waals surface area contributed by atoms with Gasteiger partial charge in [0.1, 0.15) is 0 Å². The van der Waals surface area contributed by atoms with Crippen LogP contribution in [0.2, 0.25) is 5.02 Å². The van der Waals surface area contributed by atoms with E-state index in [1.807, 2.05) is 0 Å². The summed E-state index contributed by atoms with van der Waals surface area (Å²) in [5.41, 5.74) is 0.401. The van der Waals surface area contributed by atoms with Gasteiger partial charge in [0.25, 0.3) is 0 Å². The van der Waals surface area contributed by atoms with Gasteiger partial charge in [-0.05, 0) is 48.8 Å². The molecule has 3 atom stereocenters. The van der Waals surface area contributed by atoms with Crippen LogP contribution in [0.25, 0.3) is 0 Å². The van der Waals surface area contributed by atoms with Gasteiger partial charge in [-0.1, -0.05) is 37.9 Å². The lowest BCUT2D eigenvalue weighted by molar-refractivity contribution is 0.0480. The summed E-state index contributed by atoms with van der Waals surface area (Å²) in [6.07, 6.45) is 3.55. The van der Waals surface area contributed by atoms with Crippen LogP contribution in [0.5, 0.6) is 0 Å². The molecule has 103 valence electrons.